The van der Waals surface area contributed by atoms with Gasteiger partial charge in [-0.15, -0.1) is 0 Å². The maximum atomic E-state index is 9.82. The highest BCUT2D eigenvalue weighted by molar-refractivity contribution is 5.65. The van der Waals surface area contributed by atoms with Gasteiger partial charge >= 0.3 is 5.97 Å². The summed E-state index contributed by atoms with van der Waals surface area (Å²) in [6.45, 7) is 6.05. The van der Waals surface area contributed by atoms with Crippen molar-refractivity contribution in [2.24, 2.45) is 0 Å². The van der Waals surface area contributed by atoms with Gasteiger partial charge in [0.1, 0.15) is 0 Å². The van der Waals surface area contributed by atoms with Crippen LogP contribution in [-0.4, -0.2) is 36.5 Å². The summed E-state index contributed by atoms with van der Waals surface area (Å²) in [6, 6.07) is 0. The van der Waals surface area contributed by atoms with E-state index in [0.29, 0.717) is 13.2 Å². The second-order valence-corrected chi connectivity index (χ2v) is 2.00. The number of unbranched alkanes of at least 4 members (excludes halogenated alkanes) is 1. The highest BCUT2D eigenvalue weighted by Crippen LogP contribution is 1.78. The summed E-state index contributed by atoms with van der Waals surface area (Å²) in [4.78, 5) is 9.82. The first-order valence-corrected chi connectivity index (χ1v) is 4.37. The highest BCUT2D eigenvalue weighted by atomic mass is 16.5. The SMILES string of the molecule is CCCCO.CCOC(C)=O.CO. The van der Waals surface area contributed by atoms with Crippen LogP contribution in [0.1, 0.15) is 33.6 Å². The molecule has 0 aliphatic carbocycles. The standard InChI is InChI=1S/C4H8O2.C4H10O.CH4O/c1-3-6-4(2)5;1-2-3-4-5;1-2/h3H2,1-2H3;5H,2-4H2,1H3;2H,1H3. The average Bonchev–Trinajstić information content (AvgIpc) is 2.10. The zero-order valence-electron chi connectivity index (χ0n) is 9.04. The molecule has 0 amide bonds. The Bertz CT molecular complexity index is 81.7. The minimum atomic E-state index is -0.211. The fourth-order valence-electron chi connectivity index (χ4n) is 0.361. The minimum Gasteiger partial charge on any atom is -0.466 e. The van der Waals surface area contributed by atoms with Crippen LogP contribution in [-0.2, 0) is 9.53 Å². The monoisotopic (exact) mass is 194 g/mol. The predicted octanol–water partition coefficient (Wildman–Crippen LogP) is 0.957. The van der Waals surface area contributed by atoms with Gasteiger partial charge in [-0.2, -0.15) is 0 Å². The van der Waals surface area contributed by atoms with Gasteiger partial charge in [-0.25, -0.2) is 0 Å². The lowest BCUT2D eigenvalue weighted by Gasteiger charge is -1.89. The van der Waals surface area contributed by atoms with Gasteiger partial charge in [-0.05, 0) is 13.3 Å². The van der Waals surface area contributed by atoms with Crippen molar-refractivity contribution in [2.45, 2.75) is 33.6 Å². The molecular weight excluding hydrogens is 172 g/mol. The third kappa shape index (κ3) is 52.1. The van der Waals surface area contributed by atoms with E-state index in [1.807, 2.05) is 0 Å². The molecule has 0 aliphatic heterocycles. The molecule has 0 radical (unpaired) electrons. The number of esters is 1. The summed E-state index contributed by atoms with van der Waals surface area (Å²) >= 11 is 0. The quantitative estimate of drug-likeness (QED) is 0.657. The van der Waals surface area contributed by atoms with E-state index >= 15 is 0 Å². The van der Waals surface area contributed by atoms with Gasteiger partial charge in [0.05, 0.1) is 6.61 Å². The largest absolute Gasteiger partial charge is 0.466 e. The molecule has 0 aromatic heterocycles. The van der Waals surface area contributed by atoms with E-state index in [1.54, 1.807) is 6.92 Å². The number of ether oxygens (including phenoxy) is 1. The van der Waals surface area contributed by atoms with Crippen molar-refractivity contribution in [1.29, 1.82) is 0 Å². The molecule has 0 spiro atoms. The van der Waals surface area contributed by atoms with Crippen molar-refractivity contribution in [3.8, 4) is 0 Å². The Labute approximate surface area is 80.5 Å². The van der Waals surface area contributed by atoms with Crippen LogP contribution < -0.4 is 0 Å². The summed E-state index contributed by atoms with van der Waals surface area (Å²) in [5.74, 6) is -0.211. The number of rotatable bonds is 3. The molecule has 0 fully saturated rings. The van der Waals surface area contributed by atoms with Gasteiger partial charge in [-0.3, -0.25) is 4.79 Å². The topological polar surface area (TPSA) is 66.8 Å². The predicted molar refractivity (Wildman–Crippen MR) is 52.4 cm³/mol. The third-order valence-electron chi connectivity index (χ3n) is 0.859. The summed E-state index contributed by atoms with van der Waals surface area (Å²) in [5.41, 5.74) is 0. The van der Waals surface area contributed by atoms with E-state index in [2.05, 4.69) is 11.7 Å². The molecular formula is C9H22O4. The van der Waals surface area contributed by atoms with Gasteiger partial charge < -0.3 is 14.9 Å². The number of carbonyl (C=O) groups is 1. The van der Waals surface area contributed by atoms with Crippen LogP contribution in [0, 0.1) is 0 Å². The van der Waals surface area contributed by atoms with Gasteiger partial charge in [-0.1, -0.05) is 13.3 Å². The Hall–Kier alpha value is -0.610. The molecule has 0 saturated heterocycles. The van der Waals surface area contributed by atoms with Crippen molar-refractivity contribution >= 4 is 5.97 Å². The number of aliphatic hydroxyl groups is 2. The molecule has 0 aromatic carbocycles. The van der Waals surface area contributed by atoms with E-state index < -0.39 is 0 Å². The molecule has 0 atom stereocenters. The molecule has 4 heteroatoms. The van der Waals surface area contributed by atoms with Crippen LogP contribution in [0.3, 0.4) is 0 Å². The number of aliphatic hydroxyl groups excluding tert-OH is 2. The van der Waals surface area contributed by atoms with E-state index in [-0.39, 0.29) is 5.97 Å². The van der Waals surface area contributed by atoms with Crippen molar-refractivity contribution in [3.63, 3.8) is 0 Å². The van der Waals surface area contributed by atoms with Crippen molar-refractivity contribution < 1.29 is 19.7 Å². The molecule has 0 rings (SSSR count). The number of hydrogen-bond donors (Lipinski definition) is 2. The van der Waals surface area contributed by atoms with Gasteiger partial charge in [0, 0.05) is 20.6 Å². The molecule has 0 aliphatic rings. The Morgan fingerprint density at radius 1 is 1.31 bits per heavy atom. The minimum absolute atomic E-state index is 0.211. The van der Waals surface area contributed by atoms with Crippen LogP contribution in [0.2, 0.25) is 0 Å². The lowest BCUT2D eigenvalue weighted by molar-refractivity contribution is -0.140. The highest BCUT2D eigenvalue weighted by Gasteiger charge is 1.81. The molecule has 2 N–H and O–H groups in total. The molecule has 13 heavy (non-hydrogen) atoms. The van der Waals surface area contributed by atoms with Crippen molar-refractivity contribution in [1.82, 2.24) is 0 Å². The lowest BCUT2D eigenvalue weighted by atomic mass is 10.4. The summed E-state index contributed by atoms with van der Waals surface area (Å²) in [6.07, 6.45) is 2.04. The summed E-state index contributed by atoms with van der Waals surface area (Å²) in [5, 5.41) is 15.1. The molecule has 0 aromatic rings. The molecule has 0 unspecified atom stereocenters. The fourth-order valence-corrected chi connectivity index (χ4v) is 0.361. The van der Waals surface area contributed by atoms with E-state index in [0.717, 1.165) is 20.0 Å². The smallest absolute Gasteiger partial charge is 0.302 e. The lowest BCUT2D eigenvalue weighted by Crippen LogP contribution is -1.95. The van der Waals surface area contributed by atoms with E-state index in [1.165, 1.54) is 6.92 Å². The maximum absolute atomic E-state index is 9.82. The Morgan fingerprint density at radius 3 is 1.77 bits per heavy atom. The van der Waals surface area contributed by atoms with Crippen LogP contribution in [0.5, 0.6) is 0 Å². The third-order valence-corrected chi connectivity index (χ3v) is 0.859. The second kappa shape index (κ2) is 22.5. The van der Waals surface area contributed by atoms with Crippen molar-refractivity contribution in [2.75, 3.05) is 20.3 Å². The first-order valence-electron chi connectivity index (χ1n) is 4.37. The van der Waals surface area contributed by atoms with Gasteiger partial charge in [0.2, 0.25) is 0 Å². The molecule has 4 nitrogen and oxygen atoms in total. The first-order chi connectivity index (χ1) is 6.18. The molecule has 0 saturated carbocycles. The van der Waals surface area contributed by atoms with Crippen molar-refractivity contribution in [3.05, 3.63) is 0 Å². The molecule has 0 heterocycles. The Kier molecular flexibility index (Phi) is 31.6. The summed E-state index contributed by atoms with van der Waals surface area (Å²) < 4.78 is 4.40. The van der Waals surface area contributed by atoms with Crippen LogP contribution in [0.15, 0.2) is 0 Å². The average molecular weight is 194 g/mol. The van der Waals surface area contributed by atoms with Gasteiger partial charge in [0.25, 0.3) is 0 Å². The molecule has 0 bridgehead atoms. The van der Waals surface area contributed by atoms with E-state index in [9.17, 15) is 4.79 Å². The van der Waals surface area contributed by atoms with Crippen LogP contribution in [0.25, 0.3) is 0 Å². The zero-order chi connectivity index (χ0) is 11.1. The number of carbonyl (C=O) groups excluding carboxylic acids is 1. The van der Waals surface area contributed by atoms with E-state index in [4.69, 9.17) is 10.2 Å². The van der Waals surface area contributed by atoms with Crippen LogP contribution >= 0.6 is 0 Å². The first kappa shape index (κ1) is 18.2. The number of hydrogen-bond acceptors (Lipinski definition) is 4. The normalized spacial score (nSPS) is 7.23. The molecule has 82 valence electrons. The zero-order valence-corrected chi connectivity index (χ0v) is 9.04. The Morgan fingerprint density at radius 2 is 1.77 bits per heavy atom. The maximum Gasteiger partial charge on any atom is 0.302 e. The Balaban J connectivity index is -0.000000131. The summed E-state index contributed by atoms with van der Waals surface area (Å²) in [7, 11) is 1.00. The van der Waals surface area contributed by atoms with Crippen LogP contribution in [0.4, 0.5) is 0 Å². The second-order valence-electron chi connectivity index (χ2n) is 2.00. The fraction of sp³-hybridized carbons (Fsp3) is 0.889. The van der Waals surface area contributed by atoms with Gasteiger partial charge in [0.15, 0.2) is 0 Å².